The van der Waals surface area contributed by atoms with Gasteiger partial charge >= 0.3 is 6.03 Å². The van der Waals surface area contributed by atoms with Gasteiger partial charge in [0.2, 0.25) is 0 Å². The molecule has 1 aromatic rings. The molecule has 1 rings (SSSR count). The molecule has 3 atom stereocenters. The highest BCUT2D eigenvalue weighted by atomic mass is 35.5. The van der Waals surface area contributed by atoms with Crippen LogP contribution in [0.2, 0.25) is 5.02 Å². The molecule has 0 spiro atoms. The predicted octanol–water partition coefficient (Wildman–Crippen LogP) is 3.24. The van der Waals surface area contributed by atoms with Crippen molar-refractivity contribution in [1.29, 1.82) is 0 Å². The Kier molecular flexibility index (Phi) is 7.29. The van der Waals surface area contributed by atoms with E-state index in [0.717, 1.165) is 0 Å². The largest absolute Gasteiger partial charge is 0.337 e. The molecule has 4 nitrogen and oxygen atoms in total. The Balaban J connectivity index is 2.76. The number of benzene rings is 1. The quantitative estimate of drug-likeness (QED) is 0.829. The molecule has 124 valence electrons. The molecule has 2 amide bonds. The first-order chi connectivity index (χ1) is 10.2. The van der Waals surface area contributed by atoms with Crippen molar-refractivity contribution >= 4 is 28.4 Å². The summed E-state index contributed by atoms with van der Waals surface area (Å²) in [5.41, 5.74) is 0.390. The Morgan fingerprint density at radius 2 is 2.00 bits per heavy atom. The lowest BCUT2D eigenvalue weighted by molar-refractivity contribution is 0.233. The summed E-state index contributed by atoms with van der Waals surface area (Å²) in [5, 5.41) is 5.58. The predicted molar refractivity (Wildman–Crippen MR) is 89.1 cm³/mol. The molecular weight excluding hydrogens is 327 g/mol. The molecule has 0 bridgehead atoms. The molecule has 22 heavy (non-hydrogen) atoms. The molecule has 2 N–H and O–H groups in total. The Morgan fingerprint density at radius 1 is 1.36 bits per heavy atom. The third-order valence-corrected chi connectivity index (χ3v) is 4.90. The lowest BCUT2D eigenvalue weighted by Crippen LogP contribution is -2.43. The second kappa shape index (κ2) is 8.48. The van der Waals surface area contributed by atoms with Crippen molar-refractivity contribution < 1.29 is 13.4 Å². The molecule has 1 aromatic carbocycles. The first-order valence-corrected chi connectivity index (χ1v) is 9.03. The fraction of sp³-hybridized carbons (Fsp3) is 0.533. The van der Waals surface area contributed by atoms with Crippen molar-refractivity contribution in [2.75, 3.05) is 12.8 Å². The van der Waals surface area contributed by atoms with Crippen LogP contribution in [-0.2, 0) is 10.8 Å². The van der Waals surface area contributed by atoms with Gasteiger partial charge in [-0.25, -0.2) is 9.18 Å². The molecule has 0 saturated carbocycles. The smallest absolute Gasteiger partial charge is 0.315 e. The number of halogens is 2. The van der Waals surface area contributed by atoms with Crippen molar-refractivity contribution in [2.45, 2.75) is 32.1 Å². The SMILES string of the molecule is CC(C)[C@H](NC(=O)NC[C@@H](C)[S@](C)=O)c1ccc(Cl)cc1F. The van der Waals surface area contributed by atoms with Crippen LogP contribution in [0, 0.1) is 11.7 Å². The number of carbonyl (C=O) groups excluding carboxylic acids is 1. The van der Waals surface area contributed by atoms with Crippen LogP contribution in [-0.4, -0.2) is 28.3 Å². The van der Waals surface area contributed by atoms with Crippen LogP contribution in [0.3, 0.4) is 0 Å². The highest BCUT2D eigenvalue weighted by Gasteiger charge is 2.22. The number of nitrogens with one attached hydrogen (secondary N) is 2. The number of rotatable bonds is 6. The molecule has 0 aromatic heterocycles. The van der Waals surface area contributed by atoms with E-state index in [1.165, 1.54) is 6.07 Å². The summed E-state index contributed by atoms with van der Waals surface area (Å²) in [7, 11) is -1.01. The molecule has 7 heteroatoms. The van der Waals surface area contributed by atoms with E-state index in [2.05, 4.69) is 10.6 Å². The average molecular weight is 349 g/mol. The van der Waals surface area contributed by atoms with Crippen molar-refractivity contribution in [2.24, 2.45) is 5.92 Å². The number of hydrogen-bond donors (Lipinski definition) is 2. The molecule has 0 unspecified atom stereocenters. The maximum Gasteiger partial charge on any atom is 0.315 e. The maximum absolute atomic E-state index is 14.0. The van der Waals surface area contributed by atoms with Gasteiger partial charge in [-0.3, -0.25) is 4.21 Å². The summed E-state index contributed by atoms with van der Waals surface area (Å²) < 4.78 is 25.3. The van der Waals surface area contributed by atoms with Crippen molar-refractivity contribution in [1.82, 2.24) is 10.6 Å². The van der Waals surface area contributed by atoms with Crippen LogP contribution in [0.25, 0.3) is 0 Å². The molecule has 0 aliphatic heterocycles. The second-order valence-electron chi connectivity index (χ2n) is 5.55. The fourth-order valence-electron chi connectivity index (χ4n) is 1.90. The van der Waals surface area contributed by atoms with Crippen LogP contribution >= 0.6 is 11.6 Å². The van der Waals surface area contributed by atoms with Crippen LogP contribution in [0.4, 0.5) is 9.18 Å². The molecule has 0 radical (unpaired) electrons. The zero-order valence-electron chi connectivity index (χ0n) is 13.2. The van der Waals surface area contributed by atoms with Crippen LogP contribution < -0.4 is 10.6 Å². The Bertz CT molecular complexity index is 554. The van der Waals surface area contributed by atoms with Crippen LogP contribution in [0.5, 0.6) is 0 Å². The molecule has 0 fully saturated rings. The minimum absolute atomic E-state index is 0.000781. The zero-order valence-corrected chi connectivity index (χ0v) is 14.7. The highest BCUT2D eigenvalue weighted by Crippen LogP contribution is 2.26. The fourth-order valence-corrected chi connectivity index (χ4v) is 2.38. The first-order valence-electron chi connectivity index (χ1n) is 7.04. The average Bonchev–Trinajstić information content (AvgIpc) is 2.42. The van der Waals surface area contributed by atoms with Crippen molar-refractivity contribution in [3.8, 4) is 0 Å². The van der Waals surface area contributed by atoms with Crippen molar-refractivity contribution in [3.63, 3.8) is 0 Å². The molecule has 0 saturated heterocycles. The second-order valence-corrected chi connectivity index (χ2v) is 7.79. The Labute approximate surface area is 138 Å². The summed E-state index contributed by atoms with van der Waals surface area (Å²) in [4.78, 5) is 12.0. The van der Waals surface area contributed by atoms with E-state index >= 15 is 0 Å². The van der Waals surface area contributed by atoms with Crippen molar-refractivity contribution in [3.05, 3.63) is 34.6 Å². The summed E-state index contributed by atoms with van der Waals surface area (Å²) in [6.07, 6.45) is 1.59. The normalized spacial score (nSPS) is 15.2. The van der Waals surface area contributed by atoms with Gasteiger partial charge in [0.1, 0.15) is 5.82 Å². The lowest BCUT2D eigenvalue weighted by atomic mass is 9.96. The van der Waals surface area contributed by atoms with Crippen LogP contribution in [0.1, 0.15) is 32.4 Å². The van der Waals surface area contributed by atoms with Gasteiger partial charge in [0.25, 0.3) is 0 Å². The third-order valence-electron chi connectivity index (χ3n) is 3.37. The topological polar surface area (TPSA) is 58.2 Å². The van der Waals surface area contributed by atoms with E-state index in [4.69, 9.17) is 11.6 Å². The van der Waals surface area contributed by atoms with E-state index in [1.54, 1.807) is 25.3 Å². The summed E-state index contributed by atoms with van der Waals surface area (Å²) in [6.45, 7) is 5.86. The summed E-state index contributed by atoms with van der Waals surface area (Å²) >= 11 is 5.75. The van der Waals surface area contributed by atoms with Gasteiger partial charge in [0.05, 0.1) is 6.04 Å². The summed E-state index contributed by atoms with van der Waals surface area (Å²) in [6, 6.07) is 3.52. The maximum atomic E-state index is 14.0. The molecule has 0 aliphatic rings. The monoisotopic (exact) mass is 348 g/mol. The zero-order chi connectivity index (χ0) is 16.9. The van der Waals surface area contributed by atoms with Gasteiger partial charge in [-0.05, 0) is 25.0 Å². The van der Waals surface area contributed by atoms with E-state index < -0.39 is 28.7 Å². The number of amides is 2. The van der Waals surface area contributed by atoms with E-state index in [0.29, 0.717) is 17.1 Å². The van der Waals surface area contributed by atoms with E-state index in [-0.39, 0.29) is 11.2 Å². The third kappa shape index (κ3) is 5.57. The number of urea groups is 1. The number of hydrogen-bond acceptors (Lipinski definition) is 2. The van der Waals surface area contributed by atoms with E-state index in [1.807, 2.05) is 13.8 Å². The number of carbonyl (C=O) groups is 1. The van der Waals surface area contributed by atoms with Gasteiger partial charge < -0.3 is 10.6 Å². The summed E-state index contributed by atoms with van der Waals surface area (Å²) in [5.74, 6) is -0.450. The Hall–Kier alpha value is -1.14. The molecule has 0 heterocycles. The van der Waals surface area contributed by atoms with Gasteiger partial charge in [0.15, 0.2) is 0 Å². The molecule has 0 aliphatic carbocycles. The highest BCUT2D eigenvalue weighted by molar-refractivity contribution is 7.84. The van der Waals surface area contributed by atoms with E-state index in [9.17, 15) is 13.4 Å². The first kappa shape index (κ1) is 18.9. The van der Waals surface area contributed by atoms with Gasteiger partial charge in [-0.1, -0.05) is 31.5 Å². The minimum Gasteiger partial charge on any atom is -0.337 e. The molecular formula is C15H22ClFN2O2S. The van der Waals surface area contributed by atoms with Gasteiger partial charge in [0, 0.05) is 39.4 Å². The minimum atomic E-state index is -1.01. The lowest BCUT2D eigenvalue weighted by Gasteiger charge is -2.24. The van der Waals surface area contributed by atoms with Gasteiger partial charge in [-0.2, -0.15) is 0 Å². The van der Waals surface area contributed by atoms with Crippen LogP contribution in [0.15, 0.2) is 18.2 Å². The Morgan fingerprint density at radius 3 is 2.50 bits per heavy atom. The standard InChI is InChI=1S/C15H22ClFN2O2S/c1-9(2)14(12-6-5-11(16)7-13(12)17)19-15(20)18-8-10(3)22(4)21/h5-7,9-10,14H,8H2,1-4H3,(H2,18,19,20)/t10-,14+,22+/m1/s1. The van der Waals surface area contributed by atoms with Gasteiger partial charge in [-0.15, -0.1) is 0 Å².